The summed E-state index contributed by atoms with van der Waals surface area (Å²) in [5, 5.41) is 1.06. The molecule has 0 spiro atoms. The summed E-state index contributed by atoms with van der Waals surface area (Å²) in [6.45, 7) is 0. The number of aromatic nitrogens is 2. The summed E-state index contributed by atoms with van der Waals surface area (Å²) >= 11 is 3.78. The van der Waals surface area contributed by atoms with Crippen LogP contribution in [0.3, 0.4) is 0 Å². The maximum absolute atomic E-state index is 11.6. The van der Waals surface area contributed by atoms with E-state index in [0.29, 0.717) is 4.70 Å². The van der Waals surface area contributed by atoms with Crippen LogP contribution in [0.1, 0.15) is 0 Å². The van der Waals surface area contributed by atoms with E-state index in [2.05, 4.69) is 32.6 Å². The molecule has 0 aliphatic heterocycles. The molecule has 0 saturated carbocycles. The number of thiophene rings is 1. The summed E-state index contributed by atoms with van der Waals surface area (Å²) in [5.41, 5.74) is 0.745. The molecule has 0 aliphatic carbocycles. The SMILES string of the molecule is O=c1[nH]cnc2c1sc1c(I)cccc12. The Kier molecular flexibility index (Phi) is 2.03. The Labute approximate surface area is 102 Å². The van der Waals surface area contributed by atoms with Crippen molar-refractivity contribution >= 4 is 54.2 Å². The molecule has 2 heterocycles. The lowest BCUT2D eigenvalue weighted by Gasteiger charge is -1.91. The van der Waals surface area contributed by atoms with E-state index < -0.39 is 0 Å². The Morgan fingerprint density at radius 2 is 2.20 bits per heavy atom. The molecule has 0 amide bonds. The van der Waals surface area contributed by atoms with Gasteiger partial charge in [-0.05, 0) is 28.7 Å². The summed E-state index contributed by atoms with van der Waals surface area (Å²) in [7, 11) is 0. The number of hydrogen-bond donors (Lipinski definition) is 1. The second-order valence-electron chi connectivity index (χ2n) is 3.13. The number of nitrogens with one attached hydrogen (secondary N) is 1. The van der Waals surface area contributed by atoms with Gasteiger partial charge in [0.1, 0.15) is 4.70 Å². The van der Waals surface area contributed by atoms with Crippen LogP contribution in [-0.2, 0) is 0 Å². The van der Waals surface area contributed by atoms with Crippen molar-refractivity contribution in [2.24, 2.45) is 0 Å². The van der Waals surface area contributed by atoms with Crippen LogP contribution in [0.15, 0.2) is 29.3 Å². The van der Waals surface area contributed by atoms with Gasteiger partial charge in [0.2, 0.25) is 0 Å². The second kappa shape index (κ2) is 3.28. The maximum Gasteiger partial charge on any atom is 0.268 e. The van der Waals surface area contributed by atoms with Crippen LogP contribution in [0.4, 0.5) is 0 Å². The van der Waals surface area contributed by atoms with Crippen LogP contribution in [0.2, 0.25) is 0 Å². The Morgan fingerprint density at radius 1 is 1.33 bits per heavy atom. The predicted octanol–water partition coefficient (Wildman–Crippen LogP) is 2.74. The monoisotopic (exact) mass is 328 g/mol. The molecule has 0 saturated heterocycles. The number of hydrogen-bond acceptors (Lipinski definition) is 3. The fourth-order valence-corrected chi connectivity index (χ4v) is 3.46. The molecule has 5 heteroatoms. The van der Waals surface area contributed by atoms with Crippen LogP contribution in [0.25, 0.3) is 20.3 Å². The van der Waals surface area contributed by atoms with Crippen molar-refractivity contribution in [2.75, 3.05) is 0 Å². The van der Waals surface area contributed by atoms with Gasteiger partial charge in [0, 0.05) is 8.96 Å². The minimum atomic E-state index is -0.0583. The fraction of sp³-hybridized carbons (Fsp3) is 0. The van der Waals surface area contributed by atoms with Gasteiger partial charge in [0.05, 0.1) is 16.5 Å². The quantitative estimate of drug-likeness (QED) is 0.645. The third-order valence-corrected chi connectivity index (χ3v) is 4.73. The smallest absolute Gasteiger partial charge is 0.268 e. The molecule has 0 fully saturated rings. The largest absolute Gasteiger partial charge is 0.312 e. The minimum Gasteiger partial charge on any atom is -0.312 e. The molecular weight excluding hydrogens is 323 g/mol. The minimum absolute atomic E-state index is 0.0583. The van der Waals surface area contributed by atoms with Gasteiger partial charge in [0.15, 0.2) is 0 Å². The summed E-state index contributed by atoms with van der Waals surface area (Å²) in [6, 6.07) is 6.02. The molecule has 0 radical (unpaired) electrons. The average molecular weight is 328 g/mol. The Morgan fingerprint density at radius 3 is 3.07 bits per heavy atom. The first-order chi connectivity index (χ1) is 7.27. The van der Waals surface area contributed by atoms with Crippen molar-refractivity contribution in [1.29, 1.82) is 0 Å². The van der Waals surface area contributed by atoms with Gasteiger partial charge in [-0.2, -0.15) is 0 Å². The van der Waals surface area contributed by atoms with Gasteiger partial charge < -0.3 is 4.98 Å². The van der Waals surface area contributed by atoms with E-state index in [4.69, 9.17) is 0 Å². The summed E-state index contributed by atoms with van der Waals surface area (Å²) in [5.74, 6) is 0. The lowest BCUT2D eigenvalue weighted by Crippen LogP contribution is -2.03. The zero-order valence-corrected chi connectivity index (χ0v) is 10.4. The van der Waals surface area contributed by atoms with E-state index in [0.717, 1.165) is 19.2 Å². The highest BCUT2D eigenvalue weighted by atomic mass is 127. The highest BCUT2D eigenvalue weighted by Gasteiger charge is 2.10. The van der Waals surface area contributed by atoms with Crippen LogP contribution < -0.4 is 5.56 Å². The average Bonchev–Trinajstić information content (AvgIpc) is 2.60. The number of benzene rings is 1. The fourth-order valence-electron chi connectivity index (χ4n) is 1.57. The van der Waals surface area contributed by atoms with Crippen molar-refractivity contribution in [3.05, 3.63) is 38.5 Å². The first-order valence-electron chi connectivity index (χ1n) is 4.32. The van der Waals surface area contributed by atoms with Crippen molar-refractivity contribution in [3.8, 4) is 0 Å². The van der Waals surface area contributed by atoms with Crippen molar-refractivity contribution in [3.63, 3.8) is 0 Å². The third-order valence-electron chi connectivity index (χ3n) is 2.24. The molecule has 0 aliphatic rings. The van der Waals surface area contributed by atoms with Gasteiger partial charge >= 0.3 is 0 Å². The zero-order valence-electron chi connectivity index (χ0n) is 7.45. The van der Waals surface area contributed by atoms with E-state index >= 15 is 0 Å². The second-order valence-corrected chi connectivity index (χ2v) is 5.31. The van der Waals surface area contributed by atoms with E-state index in [-0.39, 0.29) is 5.56 Å². The molecule has 3 rings (SSSR count). The van der Waals surface area contributed by atoms with Crippen LogP contribution in [-0.4, -0.2) is 9.97 Å². The van der Waals surface area contributed by atoms with E-state index in [9.17, 15) is 4.79 Å². The standard InChI is InChI=1S/C10H5IN2OS/c11-6-3-1-2-5-7-9(15-8(5)6)10(14)13-4-12-7/h1-4H,(H,12,13,14). The highest BCUT2D eigenvalue weighted by Crippen LogP contribution is 2.32. The van der Waals surface area contributed by atoms with Gasteiger partial charge in [-0.1, -0.05) is 12.1 Å². The zero-order chi connectivity index (χ0) is 10.4. The molecule has 0 atom stereocenters. The Balaban J connectivity index is 2.69. The number of nitrogens with zero attached hydrogens (tertiary/aromatic N) is 1. The molecular formula is C10H5IN2OS. The summed E-state index contributed by atoms with van der Waals surface area (Å²) < 4.78 is 3.00. The number of rotatable bonds is 0. The van der Waals surface area contributed by atoms with Gasteiger partial charge in [-0.25, -0.2) is 4.98 Å². The Bertz CT molecular complexity index is 716. The molecule has 1 aromatic carbocycles. The molecule has 3 aromatic rings. The van der Waals surface area contributed by atoms with Gasteiger partial charge in [-0.15, -0.1) is 11.3 Å². The van der Waals surface area contributed by atoms with Crippen LogP contribution in [0.5, 0.6) is 0 Å². The van der Waals surface area contributed by atoms with E-state index in [1.807, 2.05) is 18.2 Å². The number of fused-ring (bicyclic) bond motifs is 3. The molecule has 74 valence electrons. The maximum atomic E-state index is 11.6. The van der Waals surface area contributed by atoms with Gasteiger partial charge in [-0.3, -0.25) is 4.79 Å². The molecule has 2 aromatic heterocycles. The first kappa shape index (κ1) is 9.29. The van der Waals surface area contributed by atoms with Crippen molar-refractivity contribution in [2.45, 2.75) is 0 Å². The summed E-state index contributed by atoms with van der Waals surface area (Å²) in [4.78, 5) is 18.4. The predicted molar refractivity (Wildman–Crippen MR) is 70.5 cm³/mol. The molecule has 1 N–H and O–H groups in total. The topological polar surface area (TPSA) is 45.8 Å². The number of halogens is 1. The number of aromatic amines is 1. The lowest BCUT2D eigenvalue weighted by atomic mass is 10.2. The normalized spacial score (nSPS) is 11.3. The first-order valence-corrected chi connectivity index (χ1v) is 6.21. The molecule has 0 unspecified atom stereocenters. The molecule has 0 bridgehead atoms. The third kappa shape index (κ3) is 1.30. The number of H-pyrrole nitrogens is 1. The van der Waals surface area contributed by atoms with Crippen LogP contribution >= 0.6 is 33.9 Å². The molecule has 15 heavy (non-hydrogen) atoms. The highest BCUT2D eigenvalue weighted by molar-refractivity contribution is 14.1. The lowest BCUT2D eigenvalue weighted by molar-refractivity contribution is 1.18. The van der Waals surface area contributed by atoms with Crippen molar-refractivity contribution in [1.82, 2.24) is 9.97 Å². The van der Waals surface area contributed by atoms with Crippen molar-refractivity contribution < 1.29 is 0 Å². The van der Waals surface area contributed by atoms with Crippen LogP contribution in [0, 0.1) is 3.57 Å². The summed E-state index contributed by atoms with van der Waals surface area (Å²) in [6.07, 6.45) is 1.46. The van der Waals surface area contributed by atoms with Gasteiger partial charge in [0.25, 0.3) is 5.56 Å². The van der Waals surface area contributed by atoms with E-state index in [1.54, 1.807) is 0 Å². The molecule has 3 nitrogen and oxygen atoms in total. The Hall–Kier alpha value is -0.950. The van der Waals surface area contributed by atoms with E-state index in [1.165, 1.54) is 17.7 Å².